The van der Waals surface area contributed by atoms with E-state index in [1.165, 1.54) is 34.5 Å². The second-order valence-corrected chi connectivity index (χ2v) is 10.4. The molecule has 3 aromatic heterocycles. The smallest absolute Gasteiger partial charge is 0.263 e. The van der Waals surface area contributed by atoms with Crippen molar-refractivity contribution in [2.24, 2.45) is 0 Å². The maximum Gasteiger partial charge on any atom is 0.263 e. The highest BCUT2D eigenvalue weighted by Crippen LogP contribution is 2.34. The zero-order chi connectivity index (χ0) is 23.7. The summed E-state index contributed by atoms with van der Waals surface area (Å²) in [5.74, 6) is -0.391. The van der Waals surface area contributed by atoms with E-state index in [1.807, 2.05) is 22.9 Å². The molecule has 0 unspecified atom stereocenters. The number of piperidine rings is 1. The molecular formula is C25H25FN4O2S2. The molecule has 1 saturated heterocycles. The third kappa shape index (κ3) is 4.68. The van der Waals surface area contributed by atoms with Gasteiger partial charge in [-0.3, -0.25) is 19.1 Å². The number of hydrogen-bond donors (Lipinski definition) is 1. The zero-order valence-electron chi connectivity index (χ0n) is 18.8. The maximum absolute atomic E-state index is 14.3. The Labute approximate surface area is 204 Å². The van der Waals surface area contributed by atoms with Gasteiger partial charge in [0.2, 0.25) is 5.91 Å². The molecule has 0 spiro atoms. The van der Waals surface area contributed by atoms with Crippen molar-refractivity contribution in [3.05, 3.63) is 68.7 Å². The number of aryl methyl sites for hydroxylation is 1. The van der Waals surface area contributed by atoms with E-state index in [2.05, 4.69) is 10.2 Å². The third-order valence-corrected chi connectivity index (χ3v) is 7.85. The van der Waals surface area contributed by atoms with Crippen LogP contribution in [-0.2, 0) is 17.9 Å². The summed E-state index contributed by atoms with van der Waals surface area (Å²) in [6, 6.07) is 8.57. The van der Waals surface area contributed by atoms with E-state index in [4.69, 9.17) is 4.98 Å². The Balaban J connectivity index is 1.53. The fourth-order valence-corrected chi connectivity index (χ4v) is 6.11. The van der Waals surface area contributed by atoms with Crippen LogP contribution in [-0.4, -0.2) is 33.4 Å². The van der Waals surface area contributed by atoms with Gasteiger partial charge in [0.1, 0.15) is 23.0 Å². The summed E-state index contributed by atoms with van der Waals surface area (Å²) in [7, 11) is 0. The van der Waals surface area contributed by atoms with Gasteiger partial charge in [-0.1, -0.05) is 18.6 Å². The topological polar surface area (TPSA) is 67.2 Å². The van der Waals surface area contributed by atoms with Crippen molar-refractivity contribution in [2.75, 3.05) is 18.4 Å². The number of halogens is 1. The van der Waals surface area contributed by atoms with Crippen molar-refractivity contribution < 1.29 is 9.18 Å². The molecule has 1 aliphatic rings. The Kier molecular flexibility index (Phi) is 6.58. The number of anilines is 1. The predicted molar refractivity (Wildman–Crippen MR) is 136 cm³/mol. The molecule has 1 N–H and O–H groups in total. The molecule has 0 atom stereocenters. The largest absolute Gasteiger partial charge is 0.322 e. The van der Waals surface area contributed by atoms with Crippen LogP contribution in [0.25, 0.3) is 20.7 Å². The first-order valence-electron chi connectivity index (χ1n) is 11.3. The molecule has 1 fully saturated rings. The molecule has 4 aromatic rings. The molecule has 9 heteroatoms. The number of aromatic nitrogens is 2. The second-order valence-electron chi connectivity index (χ2n) is 8.59. The molecule has 0 radical (unpaired) electrons. The van der Waals surface area contributed by atoms with Crippen molar-refractivity contribution in [1.82, 2.24) is 14.5 Å². The first-order chi connectivity index (χ1) is 16.5. The first-order valence-corrected chi connectivity index (χ1v) is 13.1. The van der Waals surface area contributed by atoms with E-state index in [9.17, 15) is 14.0 Å². The van der Waals surface area contributed by atoms with E-state index in [0.717, 1.165) is 41.9 Å². The van der Waals surface area contributed by atoms with E-state index in [0.29, 0.717) is 22.6 Å². The number of carbonyl (C=O) groups is 1. The highest BCUT2D eigenvalue weighted by molar-refractivity contribution is 7.18. The van der Waals surface area contributed by atoms with E-state index in [-0.39, 0.29) is 17.8 Å². The van der Waals surface area contributed by atoms with Crippen LogP contribution in [0, 0.1) is 12.7 Å². The number of rotatable bonds is 6. The number of benzene rings is 1. The van der Waals surface area contributed by atoms with Crippen molar-refractivity contribution in [1.29, 1.82) is 0 Å². The molecule has 0 aliphatic carbocycles. The number of likely N-dealkylation sites (tertiary alicyclic amines) is 1. The van der Waals surface area contributed by atoms with Crippen LogP contribution in [0.15, 0.2) is 45.9 Å². The molecule has 34 heavy (non-hydrogen) atoms. The Morgan fingerprint density at radius 3 is 2.74 bits per heavy atom. The van der Waals surface area contributed by atoms with Crippen LogP contribution >= 0.6 is 22.7 Å². The highest BCUT2D eigenvalue weighted by atomic mass is 32.1. The Morgan fingerprint density at radius 1 is 1.18 bits per heavy atom. The van der Waals surface area contributed by atoms with Crippen LogP contribution in [0.4, 0.5) is 10.1 Å². The standard InChI is InChI=1S/C25H25FN4O2S2/c1-16-7-8-19(18(26)12-16)27-22(31)14-30-21(13-29-9-3-2-4-10-29)28-24-23(25(30)32)17(15-34-24)20-6-5-11-33-20/h5-8,11-12,15H,2-4,9-10,13-14H2,1H3,(H,27,31). The molecule has 176 valence electrons. The van der Waals surface area contributed by atoms with Gasteiger partial charge in [0, 0.05) is 15.8 Å². The van der Waals surface area contributed by atoms with Gasteiger partial charge in [0.25, 0.3) is 5.56 Å². The van der Waals surface area contributed by atoms with Crippen LogP contribution in [0.3, 0.4) is 0 Å². The fourth-order valence-electron chi connectivity index (χ4n) is 4.34. The molecule has 0 saturated carbocycles. The number of nitrogens with zero attached hydrogens (tertiary/aromatic N) is 3. The van der Waals surface area contributed by atoms with Crippen LogP contribution in [0.2, 0.25) is 0 Å². The lowest BCUT2D eigenvalue weighted by Crippen LogP contribution is -2.36. The van der Waals surface area contributed by atoms with Crippen LogP contribution in [0.1, 0.15) is 30.7 Å². The average molecular weight is 497 g/mol. The number of thiophene rings is 2. The van der Waals surface area contributed by atoms with Gasteiger partial charge in [-0.05, 0) is 62.0 Å². The van der Waals surface area contributed by atoms with Gasteiger partial charge in [-0.2, -0.15) is 0 Å². The number of fused-ring (bicyclic) bond motifs is 1. The lowest BCUT2D eigenvalue weighted by molar-refractivity contribution is -0.116. The minimum absolute atomic E-state index is 0.102. The van der Waals surface area contributed by atoms with Gasteiger partial charge in [0.15, 0.2) is 0 Å². The normalized spacial score (nSPS) is 14.5. The van der Waals surface area contributed by atoms with Crippen molar-refractivity contribution in [3.63, 3.8) is 0 Å². The number of hydrogen-bond acceptors (Lipinski definition) is 6. The molecule has 1 amide bonds. The van der Waals surface area contributed by atoms with E-state index < -0.39 is 11.7 Å². The quantitative estimate of drug-likeness (QED) is 0.396. The monoisotopic (exact) mass is 496 g/mol. The van der Waals surface area contributed by atoms with Gasteiger partial charge >= 0.3 is 0 Å². The molecule has 1 aromatic carbocycles. The van der Waals surface area contributed by atoms with Gasteiger partial charge in [0.05, 0.1) is 17.6 Å². The van der Waals surface area contributed by atoms with E-state index in [1.54, 1.807) is 24.3 Å². The van der Waals surface area contributed by atoms with Crippen molar-refractivity contribution in [2.45, 2.75) is 39.3 Å². The summed E-state index contributed by atoms with van der Waals surface area (Å²) in [5, 5.41) is 7.08. The molecule has 0 bridgehead atoms. The Morgan fingerprint density at radius 2 is 2.00 bits per heavy atom. The Hall–Kier alpha value is -2.88. The third-order valence-electron chi connectivity index (χ3n) is 6.07. The molecule has 5 rings (SSSR count). The SMILES string of the molecule is Cc1ccc(NC(=O)Cn2c(CN3CCCCC3)nc3scc(-c4cccs4)c3c2=O)c(F)c1. The van der Waals surface area contributed by atoms with Gasteiger partial charge in [-0.15, -0.1) is 22.7 Å². The summed E-state index contributed by atoms with van der Waals surface area (Å²) in [6.45, 7) is 3.95. The minimum atomic E-state index is -0.499. The lowest BCUT2D eigenvalue weighted by Gasteiger charge is -2.27. The Bertz CT molecular complexity index is 1390. The van der Waals surface area contributed by atoms with Crippen molar-refractivity contribution >= 4 is 44.5 Å². The molecule has 6 nitrogen and oxygen atoms in total. The first kappa shape index (κ1) is 22.9. The number of nitrogens with one attached hydrogen (secondary N) is 1. The summed E-state index contributed by atoms with van der Waals surface area (Å²) >= 11 is 3.01. The second kappa shape index (κ2) is 9.77. The van der Waals surface area contributed by atoms with Crippen molar-refractivity contribution in [3.8, 4) is 10.4 Å². The summed E-state index contributed by atoms with van der Waals surface area (Å²) in [5.41, 5.74) is 1.48. The minimum Gasteiger partial charge on any atom is -0.322 e. The fraction of sp³-hybridized carbons (Fsp3) is 0.320. The zero-order valence-corrected chi connectivity index (χ0v) is 20.5. The summed E-state index contributed by atoms with van der Waals surface area (Å²) in [6.07, 6.45) is 3.43. The van der Waals surface area contributed by atoms with E-state index >= 15 is 0 Å². The number of carbonyl (C=O) groups excluding carboxylic acids is 1. The predicted octanol–water partition coefficient (Wildman–Crippen LogP) is 5.26. The highest BCUT2D eigenvalue weighted by Gasteiger charge is 2.21. The molecule has 1 aliphatic heterocycles. The lowest BCUT2D eigenvalue weighted by atomic mass is 10.1. The molecule has 4 heterocycles. The number of amides is 1. The van der Waals surface area contributed by atoms with Gasteiger partial charge < -0.3 is 5.32 Å². The van der Waals surface area contributed by atoms with Crippen LogP contribution in [0.5, 0.6) is 0 Å². The maximum atomic E-state index is 14.3. The van der Waals surface area contributed by atoms with Gasteiger partial charge in [-0.25, -0.2) is 9.37 Å². The molecular weight excluding hydrogens is 471 g/mol. The van der Waals surface area contributed by atoms with Crippen LogP contribution < -0.4 is 10.9 Å². The average Bonchev–Trinajstić information content (AvgIpc) is 3.49. The summed E-state index contributed by atoms with van der Waals surface area (Å²) in [4.78, 5) is 35.5. The summed E-state index contributed by atoms with van der Waals surface area (Å²) < 4.78 is 15.8.